The normalized spacial score (nSPS) is 9.86. The molecule has 0 aromatic heterocycles. The topological polar surface area (TPSA) is 29.5 Å². The molecule has 2 heteroatoms. The van der Waals surface area contributed by atoms with Gasteiger partial charge in [0.1, 0.15) is 12.4 Å². The molecule has 0 heterocycles. The highest BCUT2D eigenvalue weighted by Crippen LogP contribution is 2.18. The molecule has 0 unspecified atom stereocenters. The van der Waals surface area contributed by atoms with E-state index in [-0.39, 0.29) is 6.61 Å². The molecule has 0 aliphatic carbocycles. The molecule has 108 valence electrons. The van der Waals surface area contributed by atoms with Gasteiger partial charge in [0.2, 0.25) is 0 Å². The third-order valence-electron chi connectivity index (χ3n) is 3.18. The average molecular weight is 280 g/mol. The summed E-state index contributed by atoms with van der Waals surface area (Å²) in [6.07, 6.45) is 0.505. The lowest BCUT2D eigenvalue weighted by atomic mass is 10.1. The second-order valence-electron chi connectivity index (χ2n) is 5.03. The van der Waals surface area contributed by atoms with Gasteiger partial charge in [-0.15, -0.1) is 0 Å². The van der Waals surface area contributed by atoms with Gasteiger partial charge in [-0.2, -0.15) is 0 Å². The summed E-state index contributed by atoms with van der Waals surface area (Å²) >= 11 is 0. The molecule has 0 atom stereocenters. The van der Waals surface area contributed by atoms with Crippen LogP contribution < -0.4 is 4.74 Å². The van der Waals surface area contributed by atoms with Crippen LogP contribution in [0.3, 0.4) is 0 Å². The minimum atomic E-state index is 0.101. The van der Waals surface area contributed by atoms with Gasteiger partial charge in [-0.1, -0.05) is 41.7 Å². The molecule has 0 amide bonds. The first kappa shape index (κ1) is 15.2. The molecule has 0 spiro atoms. The van der Waals surface area contributed by atoms with Crippen LogP contribution in [-0.2, 0) is 6.61 Å². The summed E-state index contributed by atoms with van der Waals surface area (Å²) in [5.41, 5.74) is 4.47. The van der Waals surface area contributed by atoms with Gasteiger partial charge >= 0.3 is 0 Å². The van der Waals surface area contributed by atoms with E-state index < -0.39 is 0 Å². The van der Waals surface area contributed by atoms with Crippen LogP contribution >= 0.6 is 0 Å². The third kappa shape index (κ3) is 4.66. The van der Waals surface area contributed by atoms with Crippen LogP contribution in [0.5, 0.6) is 5.75 Å². The molecule has 2 aromatic rings. The van der Waals surface area contributed by atoms with Crippen LogP contribution in [-0.4, -0.2) is 11.7 Å². The van der Waals surface area contributed by atoms with Crippen molar-refractivity contribution in [1.82, 2.24) is 0 Å². The number of aliphatic hydroxyl groups excluding tert-OH is 1. The van der Waals surface area contributed by atoms with Gasteiger partial charge in [-0.3, -0.25) is 0 Å². The molecule has 2 aromatic carbocycles. The van der Waals surface area contributed by atoms with Crippen molar-refractivity contribution >= 4 is 0 Å². The molecule has 0 fully saturated rings. The fourth-order valence-electron chi connectivity index (χ4n) is 1.93. The Kier molecular flexibility index (Phi) is 5.43. The molecule has 21 heavy (non-hydrogen) atoms. The van der Waals surface area contributed by atoms with Crippen molar-refractivity contribution in [3.8, 4) is 17.6 Å². The van der Waals surface area contributed by atoms with Crippen molar-refractivity contribution < 1.29 is 9.84 Å². The number of rotatable bonds is 4. The number of hydrogen-bond donors (Lipinski definition) is 1. The Morgan fingerprint density at radius 1 is 1.05 bits per heavy atom. The monoisotopic (exact) mass is 280 g/mol. The molecular formula is C19H20O2. The van der Waals surface area contributed by atoms with E-state index in [9.17, 15) is 0 Å². The predicted molar refractivity (Wildman–Crippen MR) is 85.3 cm³/mol. The summed E-state index contributed by atoms with van der Waals surface area (Å²) < 4.78 is 5.81. The molecule has 1 N–H and O–H groups in total. The second-order valence-corrected chi connectivity index (χ2v) is 5.03. The lowest BCUT2D eigenvalue weighted by Gasteiger charge is -2.08. The smallest absolute Gasteiger partial charge is 0.120 e. The highest BCUT2D eigenvalue weighted by Gasteiger charge is 2.00. The lowest BCUT2D eigenvalue weighted by molar-refractivity contribution is 0.305. The maximum Gasteiger partial charge on any atom is 0.120 e. The Bertz CT molecular complexity index is 646. The van der Waals surface area contributed by atoms with Gasteiger partial charge in [0.25, 0.3) is 0 Å². The molecular weight excluding hydrogens is 260 g/mol. The lowest BCUT2D eigenvalue weighted by Crippen LogP contribution is -1.96. The van der Waals surface area contributed by atoms with Crippen LogP contribution in [0.25, 0.3) is 0 Å². The Labute approximate surface area is 126 Å². The standard InChI is InChI=1S/C19H20O2/c1-15-6-8-17(9-7-15)14-21-19-11-10-18(16(2)13-19)5-3-4-12-20/h6-11,13,20H,4,12,14H2,1-2H3. The van der Waals surface area contributed by atoms with Crippen molar-refractivity contribution in [1.29, 1.82) is 0 Å². The van der Waals surface area contributed by atoms with Crippen LogP contribution in [0.4, 0.5) is 0 Å². The van der Waals surface area contributed by atoms with Crippen LogP contribution in [0, 0.1) is 25.7 Å². The minimum absolute atomic E-state index is 0.101. The van der Waals surface area contributed by atoms with Crippen LogP contribution in [0.15, 0.2) is 42.5 Å². The molecule has 0 aliphatic rings. The summed E-state index contributed by atoms with van der Waals surface area (Å²) in [5.74, 6) is 6.84. The molecule has 2 nitrogen and oxygen atoms in total. The van der Waals surface area contributed by atoms with E-state index in [1.807, 2.05) is 25.1 Å². The number of benzene rings is 2. The highest BCUT2D eigenvalue weighted by molar-refractivity contribution is 5.44. The van der Waals surface area contributed by atoms with Gasteiger partial charge in [-0.05, 0) is 43.2 Å². The van der Waals surface area contributed by atoms with Gasteiger partial charge in [-0.25, -0.2) is 0 Å². The Morgan fingerprint density at radius 3 is 2.48 bits per heavy atom. The number of aliphatic hydroxyl groups is 1. The van der Waals surface area contributed by atoms with Gasteiger partial charge in [0.15, 0.2) is 0 Å². The van der Waals surface area contributed by atoms with E-state index in [1.165, 1.54) is 5.56 Å². The van der Waals surface area contributed by atoms with E-state index in [0.29, 0.717) is 13.0 Å². The van der Waals surface area contributed by atoms with E-state index in [2.05, 4.69) is 43.0 Å². The van der Waals surface area contributed by atoms with Crippen molar-refractivity contribution in [2.24, 2.45) is 0 Å². The van der Waals surface area contributed by atoms with Crippen LogP contribution in [0.1, 0.15) is 28.7 Å². The van der Waals surface area contributed by atoms with E-state index >= 15 is 0 Å². The Morgan fingerprint density at radius 2 is 1.81 bits per heavy atom. The van der Waals surface area contributed by atoms with Gasteiger partial charge < -0.3 is 9.84 Å². The zero-order chi connectivity index (χ0) is 15.1. The maximum absolute atomic E-state index is 8.73. The first-order valence-electron chi connectivity index (χ1n) is 7.08. The third-order valence-corrected chi connectivity index (χ3v) is 3.18. The quantitative estimate of drug-likeness (QED) is 0.867. The summed E-state index contributed by atoms with van der Waals surface area (Å²) in [6, 6.07) is 14.2. The minimum Gasteiger partial charge on any atom is -0.489 e. The zero-order valence-electron chi connectivity index (χ0n) is 12.5. The zero-order valence-corrected chi connectivity index (χ0v) is 12.5. The van der Waals surface area contributed by atoms with Crippen molar-refractivity contribution in [3.63, 3.8) is 0 Å². The second kappa shape index (κ2) is 7.52. The van der Waals surface area contributed by atoms with Crippen molar-refractivity contribution in [3.05, 3.63) is 64.7 Å². The van der Waals surface area contributed by atoms with Gasteiger partial charge in [0, 0.05) is 12.0 Å². The fraction of sp³-hybridized carbons (Fsp3) is 0.263. The molecule has 0 radical (unpaired) electrons. The summed E-state index contributed by atoms with van der Waals surface area (Å²) in [4.78, 5) is 0. The Balaban J connectivity index is 2.00. The van der Waals surface area contributed by atoms with E-state index in [4.69, 9.17) is 9.84 Å². The largest absolute Gasteiger partial charge is 0.489 e. The van der Waals surface area contributed by atoms with Crippen molar-refractivity contribution in [2.45, 2.75) is 26.9 Å². The summed E-state index contributed by atoms with van der Waals surface area (Å²) in [5, 5.41) is 8.73. The number of aryl methyl sites for hydroxylation is 2. The van der Waals surface area contributed by atoms with Crippen molar-refractivity contribution in [2.75, 3.05) is 6.61 Å². The SMILES string of the molecule is Cc1ccc(COc2ccc(C#CCCO)c(C)c2)cc1. The number of hydrogen-bond acceptors (Lipinski definition) is 2. The first-order valence-corrected chi connectivity index (χ1v) is 7.08. The maximum atomic E-state index is 8.73. The molecule has 0 aliphatic heterocycles. The molecule has 0 saturated carbocycles. The summed E-state index contributed by atoms with van der Waals surface area (Å²) in [7, 11) is 0. The molecule has 0 saturated heterocycles. The molecule has 0 bridgehead atoms. The highest BCUT2D eigenvalue weighted by atomic mass is 16.5. The van der Waals surface area contributed by atoms with Gasteiger partial charge in [0.05, 0.1) is 6.61 Å². The Hall–Kier alpha value is -2.24. The number of ether oxygens (including phenoxy) is 1. The van der Waals surface area contributed by atoms with E-state index in [0.717, 1.165) is 22.4 Å². The average Bonchev–Trinajstić information content (AvgIpc) is 2.49. The van der Waals surface area contributed by atoms with E-state index in [1.54, 1.807) is 0 Å². The predicted octanol–water partition coefficient (Wildman–Crippen LogP) is 3.62. The fourth-order valence-corrected chi connectivity index (χ4v) is 1.93. The first-order chi connectivity index (χ1) is 10.2. The summed E-state index contributed by atoms with van der Waals surface area (Å²) in [6.45, 7) is 4.76. The molecule has 2 rings (SSSR count). The van der Waals surface area contributed by atoms with Crippen LogP contribution in [0.2, 0.25) is 0 Å².